The van der Waals surface area contributed by atoms with Crippen LogP contribution in [0.1, 0.15) is 24.4 Å². The molecule has 4 heteroatoms. The first-order chi connectivity index (χ1) is 10.4. The number of nitrogens with zero attached hydrogens (tertiary/aromatic N) is 2. The molecular formula is C17H23N3O. The van der Waals surface area contributed by atoms with Crippen molar-refractivity contribution < 1.29 is 4.42 Å². The minimum atomic E-state index is 0.274. The highest BCUT2D eigenvalue weighted by Gasteiger charge is 2.34. The molecule has 2 saturated heterocycles. The van der Waals surface area contributed by atoms with Gasteiger partial charge >= 0.3 is 0 Å². The summed E-state index contributed by atoms with van der Waals surface area (Å²) in [6.07, 6.45) is 4.59. The van der Waals surface area contributed by atoms with Crippen LogP contribution in [0.25, 0.3) is 11.0 Å². The first-order valence-corrected chi connectivity index (χ1v) is 8.01. The number of para-hydroxylation sites is 1. The average molecular weight is 285 g/mol. The van der Waals surface area contributed by atoms with Crippen molar-refractivity contribution in [1.29, 1.82) is 0 Å². The van der Waals surface area contributed by atoms with Crippen molar-refractivity contribution in [3.63, 3.8) is 0 Å². The smallest absolute Gasteiger partial charge is 0.134 e. The fraction of sp³-hybridized carbons (Fsp3) is 0.529. The topological polar surface area (TPSA) is 45.6 Å². The number of piperazine rings is 1. The second kappa shape index (κ2) is 5.44. The summed E-state index contributed by atoms with van der Waals surface area (Å²) in [5.41, 5.74) is 8.34. The van der Waals surface area contributed by atoms with Gasteiger partial charge < -0.3 is 10.2 Å². The molecule has 2 N–H and O–H groups in total. The predicted octanol–water partition coefficient (Wildman–Crippen LogP) is 2.21. The van der Waals surface area contributed by atoms with Crippen LogP contribution < -0.4 is 5.73 Å². The van der Waals surface area contributed by atoms with Gasteiger partial charge in [0, 0.05) is 43.2 Å². The molecular weight excluding hydrogens is 262 g/mol. The first kappa shape index (κ1) is 13.3. The molecule has 2 aliphatic heterocycles. The fourth-order valence-electron chi connectivity index (χ4n) is 4.03. The van der Waals surface area contributed by atoms with Crippen molar-refractivity contribution in [2.24, 2.45) is 5.73 Å². The zero-order valence-corrected chi connectivity index (χ0v) is 12.4. The van der Waals surface area contributed by atoms with Crippen molar-refractivity contribution in [3.8, 4) is 0 Å². The Morgan fingerprint density at radius 2 is 2.14 bits per heavy atom. The Morgan fingerprint density at radius 3 is 3.05 bits per heavy atom. The lowest BCUT2D eigenvalue weighted by Crippen LogP contribution is -2.52. The van der Waals surface area contributed by atoms with E-state index in [0.717, 1.165) is 24.7 Å². The van der Waals surface area contributed by atoms with E-state index < -0.39 is 0 Å². The van der Waals surface area contributed by atoms with E-state index in [-0.39, 0.29) is 6.04 Å². The Morgan fingerprint density at radius 1 is 1.24 bits per heavy atom. The Hall–Kier alpha value is -1.36. The van der Waals surface area contributed by atoms with Gasteiger partial charge in [0.2, 0.25) is 0 Å². The van der Waals surface area contributed by atoms with Crippen LogP contribution in [0.4, 0.5) is 0 Å². The van der Waals surface area contributed by atoms with Gasteiger partial charge in [-0.15, -0.1) is 0 Å². The molecule has 4 nitrogen and oxygen atoms in total. The highest BCUT2D eigenvalue weighted by atomic mass is 16.3. The summed E-state index contributed by atoms with van der Waals surface area (Å²) in [5.74, 6) is 0. The second-order valence-corrected chi connectivity index (χ2v) is 6.27. The molecule has 4 rings (SSSR count). The maximum atomic E-state index is 6.13. The van der Waals surface area contributed by atoms with Gasteiger partial charge in [-0.25, -0.2) is 0 Å². The van der Waals surface area contributed by atoms with Crippen molar-refractivity contribution in [2.45, 2.75) is 24.9 Å². The summed E-state index contributed by atoms with van der Waals surface area (Å²) in [6.45, 7) is 5.35. The van der Waals surface area contributed by atoms with Crippen molar-refractivity contribution in [2.75, 3.05) is 32.7 Å². The first-order valence-electron chi connectivity index (χ1n) is 8.01. The third kappa shape index (κ3) is 2.27. The summed E-state index contributed by atoms with van der Waals surface area (Å²) in [4.78, 5) is 5.20. The van der Waals surface area contributed by atoms with E-state index in [1.165, 1.54) is 36.9 Å². The molecule has 0 saturated carbocycles. The van der Waals surface area contributed by atoms with Crippen molar-refractivity contribution in [3.05, 3.63) is 36.1 Å². The molecule has 0 aliphatic carbocycles. The van der Waals surface area contributed by atoms with Crippen LogP contribution in [-0.2, 0) is 0 Å². The van der Waals surface area contributed by atoms with Gasteiger partial charge in [0.25, 0.3) is 0 Å². The minimum absolute atomic E-state index is 0.274. The molecule has 0 radical (unpaired) electrons. The lowest BCUT2D eigenvalue weighted by molar-refractivity contribution is 0.0739. The van der Waals surface area contributed by atoms with Crippen molar-refractivity contribution in [1.82, 2.24) is 9.80 Å². The van der Waals surface area contributed by atoms with Gasteiger partial charge in [-0.1, -0.05) is 18.2 Å². The quantitative estimate of drug-likeness (QED) is 0.939. The molecule has 2 atom stereocenters. The lowest BCUT2D eigenvalue weighted by atomic mass is 10.0. The van der Waals surface area contributed by atoms with Crippen LogP contribution in [-0.4, -0.2) is 48.6 Å². The monoisotopic (exact) mass is 285 g/mol. The van der Waals surface area contributed by atoms with E-state index >= 15 is 0 Å². The Bertz CT molecular complexity index is 623. The Labute approximate surface area is 125 Å². The molecule has 1 aromatic heterocycles. The number of hydrogen-bond donors (Lipinski definition) is 1. The number of benzene rings is 1. The summed E-state index contributed by atoms with van der Waals surface area (Å²) < 4.78 is 5.72. The highest BCUT2D eigenvalue weighted by molar-refractivity contribution is 5.81. The third-order valence-corrected chi connectivity index (χ3v) is 5.15. The van der Waals surface area contributed by atoms with Crippen LogP contribution in [0, 0.1) is 0 Å². The Kier molecular flexibility index (Phi) is 3.45. The molecule has 2 aliphatic rings. The molecule has 1 aromatic carbocycles. The zero-order chi connectivity index (χ0) is 14.2. The van der Waals surface area contributed by atoms with Gasteiger partial charge in [0.05, 0.1) is 12.3 Å². The molecule has 0 amide bonds. The lowest BCUT2D eigenvalue weighted by Gasteiger charge is -2.41. The number of rotatable bonds is 3. The predicted molar refractivity (Wildman–Crippen MR) is 84.2 cm³/mol. The van der Waals surface area contributed by atoms with Crippen LogP contribution in [0.15, 0.2) is 34.9 Å². The molecule has 2 unspecified atom stereocenters. The van der Waals surface area contributed by atoms with Gasteiger partial charge in [-0.05, 0) is 25.5 Å². The van der Waals surface area contributed by atoms with Crippen LogP contribution in [0.2, 0.25) is 0 Å². The summed E-state index contributed by atoms with van der Waals surface area (Å²) in [7, 11) is 0. The molecule has 21 heavy (non-hydrogen) atoms. The average Bonchev–Trinajstić information content (AvgIpc) is 3.15. The van der Waals surface area contributed by atoms with Crippen LogP contribution >= 0.6 is 0 Å². The third-order valence-electron chi connectivity index (χ3n) is 5.15. The van der Waals surface area contributed by atoms with E-state index in [9.17, 15) is 0 Å². The molecule has 2 aromatic rings. The number of hydrogen-bond acceptors (Lipinski definition) is 4. The van der Waals surface area contributed by atoms with Crippen molar-refractivity contribution >= 4 is 11.0 Å². The van der Waals surface area contributed by atoms with Gasteiger partial charge in [-0.3, -0.25) is 9.80 Å². The summed E-state index contributed by atoms with van der Waals surface area (Å²) in [6, 6.07) is 9.26. The molecule has 112 valence electrons. The maximum absolute atomic E-state index is 6.13. The van der Waals surface area contributed by atoms with Crippen LogP contribution in [0.5, 0.6) is 0 Å². The molecule has 3 heterocycles. The zero-order valence-electron chi connectivity index (χ0n) is 12.4. The van der Waals surface area contributed by atoms with Gasteiger partial charge in [0.15, 0.2) is 0 Å². The van der Waals surface area contributed by atoms with Gasteiger partial charge in [0.1, 0.15) is 5.58 Å². The number of furan rings is 1. The summed E-state index contributed by atoms with van der Waals surface area (Å²) in [5, 5.41) is 1.21. The van der Waals surface area contributed by atoms with Gasteiger partial charge in [-0.2, -0.15) is 0 Å². The van der Waals surface area contributed by atoms with Crippen LogP contribution in [0.3, 0.4) is 0 Å². The standard InChI is InChI=1S/C17H23N3O/c18-10-16(15-12-21-17-6-2-1-5-14(15)17)20-9-8-19-7-3-4-13(19)11-20/h1-2,5-6,12-13,16H,3-4,7-11,18H2. The van der Waals surface area contributed by atoms with E-state index in [2.05, 4.69) is 21.9 Å². The maximum Gasteiger partial charge on any atom is 0.134 e. The van der Waals surface area contributed by atoms with E-state index in [0.29, 0.717) is 6.54 Å². The Balaban J connectivity index is 1.62. The second-order valence-electron chi connectivity index (χ2n) is 6.27. The minimum Gasteiger partial charge on any atom is -0.464 e. The van der Waals surface area contributed by atoms with E-state index in [4.69, 9.17) is 10.2 Å². The number of fused-ring (bicyclic) bond motifs is 2. The number of nitrogens with two attached hydrogens (primary N) is 1. The molecule has 2 fully saturated rings. The normalized spacial score (nSPS) is 25.3. The fourth-order valence-corrected chi connectivity index (χ4v) is 4.03. The largest absolute Gasteiger partial charge is 0.464 e. The highest BCUT2D eigenvalue weighted by Crippen LogP contribution is 2.32. The molecule has 0 spiro atoms. The van der Waals surface area contributed by atoms with E-state index in [1.54, 1.807) is 0 Å². The van der Waals surface area contributed by atoms with E-state index in [1.807, 2.05) is 18.4 Å². The molecule has 0 bridgehead atoms. The summed E-state index contributed by atoms with van der Waals surface area (Å²) >= 11 is 0. The SMILES string of the molecule is NCC(c1coc2ccccc12)N1CCN2CCCC2C1.